The Labute approximate surface area is 223 Å². The lowest BCUT2D eigenvalue weighted by Crippen LogP contribution is -2.03. The van der Waals surface area contributed by atoms with E-state index in [1.54, 1.807) is 35.6 Å². The molecular weight excluding hydrogens is 482 g/mol. The molecule has 0 radical (unpaired) electrons. The molecular formula is C31H35NO4S. The molecule has 194 valence electrons. The van der Waals surface area contributed by atoms with Gasteiger partial charge in [0.2, 0.25) is 0 Å². The van der Waals surface area contributed by atoms with Gasteiger partial charge in [0.1, 0.15) is 16.5 Å². The van der Waals surface area contributed by atoms with E-state index in [9.17, 15) is 9.59 Å². The van der Waals surface area contributed by atoms with Crippen LogP contribution in [0.2, 0.25) is 0 Å². The molecule has 6 heteroatoms. The minimum absolute atomic E-state index is 0.360. The summed E-state index contributed by atoms with van der Waals surface area (Å²) in [6.07, 6.45) is 17.1. The fraction of sp³-hybridized carbons (Fsp3) is 0.323. The minimum atomic E-state index is -0.363. The van der Waals surface area contributed by atoms with Crippen molar-refractivity contribution in [1.29, 1.82) is 0 Å². The maximum Gasteiger partial charge on any atom is 0.335 e. The van der Waals surface area contributed by atoms with Crippen molar-refractivity contribution in [2.24, 2.45) is 0 Å². The van der Waals surface area contributed by atoms with Crippen LogP contribution in [-0.4, -0.2) is 16.9 Å². The van der Waals surface area contributed by atoms with Crippen molar-refractivity contribution >= 4 is 23.3 Å². The van der Waals surface area contributed by atoms with Crippen LogP contribution < -0.4 is 9.47 Å². The van der Waals surface area contributed by atoms with E-state index in [0.717, 1.165) is 72.4 Å². The first kappa shape index (κ1) is 28.1. The molecule has 0 aliphatic carbocycles. The smallest absolute Gasteiger partial charge is 0.335 e. The molecule has 0 atom stereocenters. The molecule has 0 unspecified atom stereocenters. The molecule has 0 saturated heterocycles. The molecule has 0 N–H and O–H groups in total. The number of carbonyl (C=O) groups excluding carboxylic acids is 2. The summed E-state index contributed by atoms with van der Waals surface area (Å²) in [6.45, 7) is 4.31. The lowest BCUT2D eigenvalue weighted by molar-refractivity contribution is -0.129. The number of thiazole rings is 1. The van der Waals surface area contributed by atoms with Crippen LogP contribution in [0.4, 0.5) is 0 Å². The van der Waals surface area contributed by atoms with Crippen LogP contribution in [0.25, 0.3) is 21.0 Å². The quantitative estimate of drug-likeness (QED) is 0.0927. The molecule has 2 aromatic carbocycles. The molecule has 1 aromatic heterocycles. The minimum Gasteiger partial charge on any atom is -0.423 e. The molecule has 1 heterocycles. The van der Waals surface area contributed by atoms with Crippen LogP contribution in [0.15, 0.2) is 79.0 Å². The Morgan fingerprint density at radius 3 is 1.70 bits per heavy atom. The van der Waals surface area contributed by atoms with E-state index in [2.05, 4.69) is 18.8 Å². The van der Waals surface area contributed by atoms with E-state index in [1.165, 1.54) is 12.2 Å². The molecule has 5 nitrogen and oxygen atoms in total. The molecule has 0 amide bonds. The van der Waals surface area contributed by atoms with Crippen molar-refractivity contribution in [1.82, 2.24) is 4.98 Å². The van der Waals surface area contributed by atoms with Gasteiger partial charge >= 0.3 is 11.9 Å². The van der Waals surface area contributed by atoms with Gasteiger partial charge in [-0.15, -0.1) is 11.3 Å². The maximum absolute atomic E-state index is 12.0. The summed E-state index contributed by atoms with van der Waals surface area (Å²) in [6, 6.07) is 14.8. The summed E-state index contributed by atoms with van der Waals surface area (Å²) in [5.41, 5.74) is 1.94. The van der Waals surface area contributed by atoms with Crippen LogP contribution in [0.5, 0.6) is 11.5 Å². The van der Waals surface area contributed by atoms with E-state index in [1.807, 2.05) is 42.6 Å². The first-order chi connectivity index (χ1) is 18.1. The molecule has 3 rings (SSSR count). The Morgan fingerprint density at radius 2 is 1.22 bits per heavy atom. The van der Waals surface area contributed by atoms with Crippen LogP contribution in [0.1, 0.15) is 65.2 Å². The number of nitrogens with zero attached hydrogens (tertiary/aromatic N) is 1. The molecule has 37 heavy (non-hydrogen) atoms. The number of hydrogen-bond acceptors (Lipinski definition) is 6. The Balaban J connectivity index is 1.52. The number of hydrogen-bond donors (Lipinski definition) is 0. The lowest BCUT2D eigenvalue weighted by Gasteiger charge is -2.03. The second-order valence-corrected chi connectivity index (χ2v) is 9.75. The third kappa shape index (κ3) is 9.81. The maximum atomic E-state index is 12.0. The van der Waals surface area contributed by atoms with Gasteiger partial charge in [0, 0.05) is 23.9 Å². The Hall–Kier alpha value is -3.51. The second-order valence-electron chi connectivity index (χ2n) is 8.72. The number of allylic oxidation sites excluding steroid dienone is 2. The average molecular weight is 518 g/mol. The van der Waals surface area contributed by atoms with Crippen LogP contribution in [0.3, 0.4) is 0 Å². The first-order valence-electron chi connectivity index (χ1n) is 13.0. The highest BCUT2D eigenvalue weighted by Crippen LogP contribution is 2.33. The SMILES string of the molecule is CCCCC/C=C/C(=O)Oc1ccc(-c2cnc(-c3ccc(OC(=O)/C=C/CCCCC)cc3)s2)cc1. The highest BCUT2D eigenvalue weighted by atomic mass is 32.1. The van der Waals surface area contributed by atoms with Gasteiger partial charge in [0.15, 0.2) is 0 Å². The summed E-state index contributed by atoms with van der Waals surface area (Å²) in [7, 11) is 0. The molecule has 0 aliphatic heterocycles. The molecule has 0 aliphatic rings. The zero-order valence-electron chi connectivity index (χ0n) is 21.7. The Kier molecular flexibility index (Phi) is 11.8. The number of aromatic nitrogens is 1. The van der Waals surface area contributed by atoms with Gasteiger partial charge in [-0.05, 0) is 79.8 Å². The van der Waals surface area contributed by atoms with Crippen molar-refractivity contribution in [2.75, 3.05) is 0 Å². The van der Waals surface area contributed by atoms with E-state index < -0.39 is 0 Å². The van der Waals surface area contributed by atoms with E-state index in [-0.39, 0.29) is 11.9 Å². The van der Waals surface area contributed by atoms with E-state index in [0.29, 0.717) is 11.5 Å². The monoisotopic (exact) mass is 517 g/mol. The summed E-state index contributed by atoms with van der Waals surface area (Å²) in [5, 5.41) is 0.868. The molecule has 3 aromatic rings. The van der Waals surface area contributed by atoms with Crippen molar-refractivity contribution in [3.63, 3.8) is 0 Å². The van der Waals surface area contributed by atoms with Gasteiger partial charge in [-0.1, -0.05) is 51.7 Å². The van der Waals surface area contributed by atoms with E-state index >= 15 is 0 Å². The zero-order valence-corrected chi connectivity index (χ0v) is 22.5. The number of esters is 2. The lowest BCUT2D eigenvalue weighted by atomic mass is 10.2. The number of rotatable bonds is 14. The molecule has 0 bridgehead atoms. The number of unbranched alkanes of at least 4 members (excludes halogenated alkanes) is 6. The van der Waals surface area contributed by atoms with Gasteiger partial charge in [0.25, 0.3) is 0 Å². The molecule has 0 saturated carbocycles. The van der Waals surface area contributed by atoms with Crippen molar-refractivity contribution < 1.29 is 19.1 Å². The Morgan fingerprint density at radius 1 is 0.730 bits per heavy atom. The number of benzene rings is 2. The van der Waals surface area contributed by atoms with Crippen molar-refractivity contribution in [3.8, 4) is 32.5 Å². The average Bonchev–Trinajstić information content (AvgIpc) is 3.40. The van der Waals surface area contributed by atoms with Gasteiger partial charge in [-0.2, -0.15) is 0 Å². The zero-order chi connectivity index (χ0) is 26.3. The summed E-state index contributed by atoms with van der Waals surface area (Å²) in [5.74, 6) is 0.293. The van der Waals surface area contributed by atoms with Crippen LogP contribution in [-0.2, 0) is 9.59 Å². The second kappa shape index (κ2) is 15.6. The highest BCUT2D eigenvalue weighted by molar-refractivity contribution is 7.18. The van der Waals surface area contributed by atoms with Gasteiger partial charge < -0.3 is 9.47 Å². The van der Waals surface area contributed by atoms with Gasteiger partial charge in [-0.3, -0.25) is 0 Å². The van der Waals surface area contributed by atoms with Crippen molar-refractivity contribution in [3.05, 3.63) is 79.0 Å². The fourth-order valence-electron chi connectivity index (χ4n) is 3.58. The van der Waals surface area contributed by atoms with Crippen LogP contribution >= 0.6 is 11.3 Å². The summed E-state index contributed by atoms with van der Waals surface area (Å²) < 4.78 is 10.8. The first-order valence-corrected chi connectivity index (χ1v) is 13.8. The summed E-state index contributed by atoms with van der Waals surface area (Å²) in [4.78, 5) is 29.5. The predicted octanol–water partition coefficient (Wildman–Crippen LogP) is 8.56. The molecule has 0 fully saturated rings. The van der Waals surface area contributed by atoms with E-state index in [4.69, 9.17) is 9.47 Å². The summed E-state index contributed by atoms with van der Waals surface area (Å²) >= 11 is 1.56. The molecule has 0 spiro atoms. The van der Waals surface area contributed by atoms with Gasteiger partial charge in [0.05, 0.1) is 4.88 Å². The Bertz CT molecular complexity index is 1080. The van der Waals surface area contributed by atoms with Gasteiger partial charge in [-0.25, -0.2) is 14.6 Å². The number of ether oxygens (including phenoxy) is 2. The standard InChI is InChI=1S/C31H35NO4S/c1-3-5-7-9-11-13-29(33)35-26-19-15-24(16-20-26)28-23-32-31(37-28)25-17-21-27(22-18-25)36-30(34)14-12-10-8-6-4-2/h11-23H,3-10H2,1-2H3/b13-11+,14-12+. The predicted molar refractivity (Wildman–Crippen MR) is 151 cm³/mol. The third-order valence-corrected chi connectivity index (χ3v) is 6.73. The topological polar surface area (TPSA) is 65.5 Å². The third-order valence-electron chi connectivity index (χ3n) is 5.64. The largest absolute Gasteiger partial charge is 0.423 e. The normalized spacial score (nSPS) is 11.3. The van der Waals surface area contributed by atoms with Crippen LogP contribution in [0, 0.1) is 0 Å². The number of carbonyl (C=O) groups is 2. The fourth-order valence-corrected chi connectivity index (χ4v) is 4.50. The highest BCUT2D eigenvalue weighted by Gasteiger charge is 2.09. The van der Waals surface area contributed by atoms with Crippen molar-refractivity contribution in [2.45, 2.75) is 65.2 Å².